The molecule has 0 aromatic heterocycles. The maximum atomic E-state index is 12.8. The van der Waals surface area contributed by atoms with Crippen LogP contribution in [0, 0.1) is 0 Å². The lowest BCUT2D eigenvalue weighted by atomic mass is 10.0. The lowest BCUT2D eigenvalue weighted by Gasteiger charge is -2.18. The molecular formula is C59H110O6. The van der Waals surface area contributed by atoms with Crippen molar-refractivity contribution in [1.82, 2.24) is 0 Å². The zero-order valence-corrected chi connectivity index (χ0v) is 43.8. The van der Waals surface area contributed by atoms with Gasteiger partial charge in [-0.1, -0.05) is 251 Å². The maximum absolute atomic E-state index is 12.8. The van der Waals surface area contributed by atoms with E-state index in [1.807, 2.05) is 0 Å². The highest BCUT2D eigenvalue weighted by Crippen LogP contribution is 2.17. The summed E-state index contributed by atoms with van der Waals surface area (Å²) in [5.41, 5.74) is 0. The first-order valence-corrected chi connectivity index (χ1v) is 28.8. The summed E-state index contributed by atoms with van der Waals surface area (Å²) in [5, 5.41) is 0. The second kappa shape index (κ2) is 54.5. The molecule has 0 aromatic rings. The fourth-order valence-electron chi connectivity index (χ4n) is 8.55. The molecule has 0 saturated carbocycles. The fraction of sp³-hybridized carbons (Fsp3) is 0.881. The van der Waals surface area contributed by atoms with Crippen LogP contribution < -0.4 is 0 Å². The van der Waals surface area contributed by atoms with Crippen molar-refractivity contribution in [2.75, 3.05) is 13.2 Å². The Morgan fingerprint density at radius 1 is 0.292 bits per heavy atom. The third kappa shape index (κ3) is 52.7. The number of carbonyl (C=O) groups excluding carboxylic acids is 3. The summed E-state index contributed by atoms with van der Waals surface area (Å²) in [4.78, 5) is 38.1. The van der Waals surface area contributed by atoms with Crippen molar-refractivity contribution < 1.29 is 28.6 Å². The highest BCUT2D eigenvalue weighted by Gasteiger charge is 2.19. The molecule has 0 heterocycles. The summed E-state index contributed by atoms with van der Waals surface area (Å²) in [6.07, 6.45) is 63.1. The molecule has 1 atom stereocenters. The van der Waals surface area contributed by atoms with Crippen molar-refractivity contribution in [3.8, 4) is 0 Å². The Bertz CT molecular complexity index is 1050. The van der Waals surface area contributed by atoms with Crippen molar-refractivity contribution in [3.05, 3.63) is 24.3 Å². The Labute approximate surface area is 404 Å². The van der Waals surface area contributed by atoms with E-state index in [1.54, 1.807) is 0 Å². The molecule has 0 amide bonds. The van der Waals surface area contributed by atoms with Gasteiger partial charge in [0.05, 0.1) is 0 Å². The van der Waals surface area contributed by atoms with Crippen LogP contribution in [0.25, 0.3) is 0 Å². The van der Waals surface area contributed by atoms with E-state index in [9.17, 15) is 14.4 Å². The largest absolute Gasteiger partial charge is 0.462 e. The number of hydrogen-bond donors (Lipinski definition) is 0. The Morgan fingerprint density at radius 2 is 0.508 bits per heavy atom. The van der Waals surface area contributed by atoms with E-state index in [1.165, 1.54) is 212 Å². The van der Waals surface area contributed by atoms with Crippen molar-refractivity contribution in [2.24, 2.45) is 0 Å². The number of esters is 3. The van der Waals surface area contributed by atoms with Gasteiger partial charge in [-0.05, 0) is 70.6 Å². The lowest BCUT2D eigenvalue weighted by molar-refractivity contribution is -0.167. The second-order valence-electron chi connectivity index (χ2n) is 19.6. The quantitative estimate of drug-likeness (QED) is 0.0262. The molecule has 0 rings (SSSR count). The first-order chi connectivity index (χ1) is 32.0. The summed E-state index contributed by atoms with van der Waals surface area (Å²) >= 11 is 0. The van der Waals surface area contributed by atoms with Crippen LogP contribution in [0.3, 0.4) is 0 Å². The van der Waals surface area contributed by atoms with Crippen LogP contribution in [0.15, 0.2) is 24.3 Å². The molecule has 0 saturated heterocycles. The third-order valence-electron chi connectivity index (χ3n) is 12.9. The van der Waals surface area contributed by atoms with Crippen LogP contribution in [0.2, 0.25) is 0 Å². The SMILES string of the molecule is CCCCC/C=C\CCCCCCCC(=O)OCC(COC(=O)CCCCCCCCC/C=C\CCCCCCCCC)OC(=O)CCCCCCCCCCCCCCCCCCC. The van der Waals surface area contributed by atoms with Crippen LogP contribution >= 0.6 is 0 Å². The van der Waals surface area contributed by atoms with Gasteiger partial charge in [0.1, 0.15) is 13.2 Å². The maximum Gasteiger partial charge on any atom is 0.306 e. The van der Waals surface area contributed by atoms with Crippen molar-refractivity contribution >= 4 is 17.9 Å². The molecule has 65 heavy (non-hydrogen) atoms. The van der Waals surface area contributed by atoms with Gasteiger partial charge in [-0.3, -0.25) is 14.4 Å². The molecule has 0 bridgehead atoms. The molecule has 0 fully saturated rings. The van der Waals surface area contributed by atoms with Gasteiger partial charge in [-0.15, -0.1) is 0 Å². The number of unbranched alkanes of at least 4 members (excludes halogenated alkanes) is 38. The Balaban J connectivity index is 4.31. The zero-order chi connectivity index (χ0) is 47.2. The van der Waals surface area contributed by atoms with Gasteiger partial charge in [0.2, 0.25) is 0 Å². The van der Waals surface area contributed by atoms with E-state index in [-0.39, 0.29) is 31.1 Å². The van der Waals surface area contributed by atoms with Crippen LogP contribution in [-0.2, 0) is 28.6 Å². The molecular weight excluding hydrogens is 805 g/mol. The minimum atomic E-state index is -0.772. The highest BCUT2D eigenvalue weighted by molar-refractivity contribution is 5.71. The smallest absolute Gasteiger partial charge is 0.306 e. The summed E-state index contributed by atoms with van der Waals surface area (Å²) in [6, 6.07) is 0. The van der Waals surface area contributed by atoms with E-state index in [2.05, 4.69) is 45.1 Å². The molecule has 0 aromatic carbocycles. The first-order valence-electron chi connectivity index (χ1n) is 28.8. The second-order valence-corrected chi connectivity index (χ2v) is 19.6. The minimum absolute atomic E-state index is 0.0720. The van der Waals surface area contributed by atoms with Crippen molar-refractivity contribution in [2.45, 2.75) is 322 Å². The van der Waals surface area contributed by atoms with Gasteiger partial charge in [0.25, 0.3) is 0 Å². The molecule has 382 valence electrons. The molecule has 0 aliphatic carbocycles. The van der Waals surface area contributed by atoms with Crippen LogP contribution in [0.1, 0.15) is 316 Å². The van der Waals surface area contributed by atoms with E-state index in [4.69, 9.17) is 14.2 Å². The summed E-state index contributed by atoms with van der Waals surface area (Å²) < 4.78 is 16.9. The number of hydrogen-bond acceptors (Lipinski definition) is 6. The fourth-order valence-corrected chi connectivity index (χ4v) is 8.55. The van der Waals surface area contributed by atoms with Crippen LogP contribution in [0.4, 0.5) is 0 Å². The average molecular weight is 916 g/mol. The molecule has 0 aliphatic rings. The zero-order valence-electron chi connectivity index (χ0n) is 43.8. The standard InChI is InChI=1S/C59H110O6/c1-4-7-10-13-16-19-22-25-27-29-31-32-34-37-40-43-46-49-52-58(61)64-55-56(54-63-57(60)51-48-45-42-39-36-24-21-18-15-12-9-6-3)65-59(62)53-50-47-44-41-38-35-33-30-28-26-23-20-17-14-11-8-5-2/h18,21,27,29,56H,4-17,19-20,22-26,28,30-55H2,1-3H3/b21-18-,29-27-. The van der Waals surface area contributed by atoms with Gasteiger partial charge in [-0.2, -0.15) is 0 Å². The van der Waals surface area contributed by atoms with E-state index >= 15 is 0 Å². The number of ether oxygens (including phenoxy) is 3. The summed E-state index contributed by atoms with van der Waals surface area (Å²) in [6.45, 7) is 6.65. The summed E-state index contributed by atoms with van der Waals surface area (Å²) in [5.74, 6) is -0.866. The topological polar surface area (TPSA) is 78.9 Å². The Kier molecular flexibility index (Phi) is 52.7. The molecule has 0 aliphatic heterocycles. The van der Waals surface area contributed by atoms with E-state index in [0.29, 0.717) is 19.3 Å². The highest BCUT2D eigenvalue weighted by atomic mass is 16.6. The molecule has 0 radical (unpaired) electrons. The normalized spacial score (nSPS) is 12.1. The Hall–Kier alpha value is -2.11. The number of carbonyl (C=O) groups is 3. The minimum Gasteiger partial charge on any atom is -0.462 e. The number of rotatable bonds is 53. The van der Waals surface area contributed by atoms with Gasteiger partial charge in [0, 0.05) is 19.3 Å². The average Bonchev–Trinajstić information content (AvgIpc) is 3.30. The number of allylic oxidation sites excluding steroid dienone is 4. The molecule has 1 unspecified atom stereocenters. The van der Waals surface area contributed by atoms with E-state index in [0.717, 1.165) is 64.2 Å². The predicted molar refractivity (Wildman–Crippen MR) is 279 cm³/mol. The first kappa shape index (κ1) is 62.9. The molecule has 0 spiro atoms. The van der Waals surface area contributed by atoms with Gasteiger partial charge in [-0.25, -0.2) is 0 Å². The van der Waals surface area contributed by atoms with Gasteiger partial charge >= 0.3 is 17.9 Å². The molecule has 0 N–H and O–H groups in total. The van der Waals surface area contributed by atoms with Crippen LogP contribution in [0.5, 0.6) is 0 Å². The monoisotopic (exact) mass is 915 g/mol. The van der Waals surface area contributed by atoms with Gasteiger partial charge in [0.15, 0.2) is 6.10 Å². The van der Waals surface area contributed by atoms with Crippen molar-refractivity contribution in [1.29, 1.82) is 0 Å². The lowest BCUT2D eigenvalue weighted by Crippen LogP contribution is -2.30. The third-order valence-corrected chi connectivity index (χ3v) is 12.9. The predicted octanol–water partition coefficient (Wildman–Crippen LogP) is 19.1. The molecule has 6 nitrogen and oxygen atoms in total. The van der Waals surface area contributed by atoms with Gasteiger partial charge < -0.3 is 14.2 Å². The van der Waals surface area contributed by atoms with Crippen LogP contribution in [-0.4, -0.2) is 37.2 Å². The van der Waals surface area contributed by atoms with Crippen molar-refractivity contribution in [3.63, 3.8) is 0 Å². The Morgan fingerprint density at radius 3 is 0.800 bits per heavy atom. The summed E-state index contributed by atoms with van der Waals surface area (Å²) in [7, 11) is 0. The van der Waals surface area contributed by atoms with E-state index < -0.39 is 6.10 Å². The molecule has 6 heteroatoms.